The molecule has 6 heteroatoms. The van der Waals surface area contributed by atoms with Crippen molar-refractivity contribution in [2.75, 3.05) is 5.32 Å². The molecule has 1 N–H and O–H groups in total. The molecule has 0 unspecified atom stereocenters. The number of nitrogens with zero attached hydrogens (tertiary/aromatic N) is 3. The summed E-state index contributed by atoms with van der Waals surface area (Å²) in [5.74, 6) is 0. The van der Waals surface area contributed by atoms with Gasteiger partial charge in [0.1, 0.15) is 6.07 Å². The van der Waals surface area contributed by atoms with E-state index in [9.17, 15) is 10.1 Å². The van der Waals surface area contributed by atoms with Crippen molar-refractivity contribution in [2.45, 2.75) is 13.0 Å². The van der Waals surface area contributed by atoms with Crippen LogP contribution in [0.3, 0.4) is 0 Å². The van der Waals surface area contributed by atoms with Gasteiger partial charge >= 0.3 is 0 Å². The maximum Gasteiger partial charge on any atom is 0.270 e. The van der Waals surface area contributed by atoms with Crippen molar-refractivity contribution in [1.29, 1.82) is 5.26 Å². The molecule has 0 aliphatic carbocycles. The molecule has 0 aliphatic rings. The van der Waals surface area contributed by atoms with Crippen LogP contribution in [-0.4, -0.2) is 9.91 Å². The molecule has 6 nitrogen and oxygen atoms in total. The number of nitrogens with one attached hydrogen (secondary N) is 1. The normalized spacial score (nSPS) is 11.4. The first-order chi connectivity index (χ1) is 9.61. The number of non-ortho nitro benzene ring substituents is 1. The van der Waals surface area contributed by atoms with Gasteiger partial charge in [-0.2, -0.15) is 5.26 Å². The van der Waals surface area contributed by atoms with Gasteiger partial charge in [-0.1, -0.05) is 6.07 Å². The topological polar surface area (TPSA) is 91.9 Å². The van der Waals surface area contributed by atoms with Gasteiger partial charge in [0.2, 0.25) is 0 Å². The third-order valence-corrected chi connectivity index (χ3v) is 2.84. The van der Waals surface area contributed by atoms with Gasteiger partial charge in [-0.3, -0.25) is 15.1 Å². The van der Waals surface area contributed by atoms with E-state index in [-0.39, 0.29) is 17.3 Å². The van der Waals surface area contributed by atoms with Gasteiger partial charge in [-0.05, 0) is 25.1 Å². The van der Waals surface area contributed by atoms with Gasteiger partial charge in [0.15, 0.2) is 0 Å². The third kappa shape index (κ3) is 2.90. The van der Waals surface area contributed by atoms with E-state index in [1.165, 1.54) is 18.2 Å². The summed E-state index contributed by atoms with van der Waals surface area (Å²) in [7, 11) is 0. The average Bonchev–Trinajstić information content (AvgIpc) is 2.48. The highest BCUT2D eigenvalue weighted by Crippen LogP contribution is 2.24. The number of benzene rings is 1. The van der Waals surface area contributed by atoms with E-state index in [1.54, 1.807) is 6.20 Å². The van der Waals surface area contributed by atoms with Crippen LogP contribution in [0.5, 0.6) is 0 Å². The zero-order chi connectivity index (χ0) is 14.5. The molecule has 0 fully saturated rings. The number of rotatable bonds is 4. The second-order valence-corrected chi connectivity index (χ2v) is 4.22. The van der Waals surface area contributed by atoms with Crippen molar-refractivity contribution in [3.63, 3.8) is 0 Å². The fourth-order valence-electron chi connectivity index (χ4n) is 1.80. The first-order valence-electron chi connectivity index (χ1n) is 5.98. The highest BCUT2D eigenvalue weighted by Gasteiger charge is 2.13. The summed E-state index contributed by atoms with van der Waals surface area (Å²) >= 11 is 0. The highest BCUT2D eigenvalue weighted by molar-refractivity contribution is 5.61. The average molecular weight is 268 g/mol. The number of anilines is 1. The molecule has 0 amide bonds. The lowest BCUT2D eigenvalue weighted by Gasteiger charge is -2.15. The summed E-state index contributed by atoms with van der Waals surface area (Å²) in [5.41, 5.74) is 1.52. The summed E-state index contributed by atoms with van der Waals surface area (Å²) in [6, 6.07) is 11.6. The zero-order valence-corrected chi connectivity index (χ0v) is 10.8. The monoisotopic (exact) mass is 268 g/mol. The van der Waals surface area contributed by atoms with Crippen LogP contribution >= 0.6 is 0 Å². The molecular weight excluding hydrogens is 256 g/mol. The lowest BCUT2D eigenvalue weighted by Crippen LogP contribution is -2.09. The van der Waals surface area contributed by atoms with Gasteiger partial charge in [-0.15, -0.1) is 0 Å². The Labute approximate surface area is 115 Å². The first-order valence-corrected chi connectivity index (χ1v) is 5.98. The van der Waals surface area contributed by atoms with Crippen LogP contribution in [0.4, 0.5) is 11.4 Å². The van der Waals surface area contributed by atoms with Crippen molar-refractivity contribution in [3.8, 4) is 6.07 Å². The SMILES string of the molecule is C[C@H](Nc1ccc([N+](=O)[O-])cc1C#N)c1ccccn1. The number of hydrogen-bond donors (Lipinski definition) is 1. The van der Waals surface area contributed by atoms with E-state index < -0.39 is 4.92 Å². The van der Waals surface area contributed by atoms with Crippen LogP contribution < -0.4 is 5.32 Å². The van der Waals surface area contributed by atoms with Crippen LogP contribution in [0.2, 0.25) is 0 Å². The van der Waals surface area contributed by atoms with E-state index in [2.05, 4.69) is 10.3 Å². The Balaban J connectivity index is 2.26. The number of hydrogen-bond acceptors (Lipinski definition) is 5. The lowest BCUT2D eigenvalue weighted by molar-refractivity contribution is -0.384. The molecule has 100 valence electrons. The van der Waals surface area contributed by atoms with Crippen LogP contribution in [0.1, 0.15) is 24.2 Å². The molecule has 0 saturated carbocycles. The molecule has 0 radical (unpaired) electrons. The Hall–Kier alpha value is -2.94. The summed E-state index contributed by atoms with van der Waals surface area (Å²) in [5, 5.41) is 22.9. The van der Waals surface area contributed by atoms with Crippen molar-refractivity contribution >= 4 is 11.4 Å². The number of pyridine rings is 1. The Morgan fingerprint density at radius 1 is 1.40 bits per heavy atom. The van der Waals surface area contributed by atoms with Crippen LogP contribution in [-0.2, 0) is 0 Å². The maximum absolute atomic E-state index is 10.7. The number of nitro benzene ring substituents is 1. The summed E-state index contributed by atoms with van der Waals surface area (Å²) in [4.78, 5) is 14.4. The molecule has 1 aromatic heterocycles. The highest BCUT2D eigenvalue weighted by atomic mass is 16.6. The summed E-state index contributed by atoms with van der Waals surface area (Å²) < 4.78 is 0. The molecule has 1 heterocycles. The van der Waals surface area contributed by atoms with Gasteiger partial charge in [0.05, 0.1) is 27.9 Å². The minimum absolute atomic E-state index is 0.0995. The Morgan fingerprint density at radius 2 is 2.20 bits per heavy atom. The fourth-order valence-corrected chi connectivity index (χ4v) is 1.80. The maximum atomic E-state index is 10.7. The predicted octanol–water partition coefficient (Wildman–Crippen LogP) is 3.03. The van der Waals surface area contributed by atoms with E-state index in [4.69, 9.17) is 5.26 Å². The Morgan fingerprint density at radius 3 is 2.80 bits per heavy atom. The van der Waals surface area contributed by atoms with E-state index in [0.717, 1.165) is 5.69 Å². The molecule has 1 atom stereocenters. The van der Waals surface area contributed by atoms with E-state index in [0.29, 0.717) is 5.69 Å². The third-order valence-electron chi connectivity index (χ3n) is 2.84. The van der Waals surface area contributed by atoms with Gasteiger partial charge in [-0.25, -0.2) is 0 Å². The van der Waals surface area contributed by atoms with Gasteiger partial charge < -0.3 is 5.32 Å². The smallest absolute Gasteiger partial charge is 0.270 e. The quantitative estimate of drug-likeness (QED) is 0.679. The Kier molecular flexibility index (Phi) is 3.91. The van der Waals surface area contributed by atoms with Crippen LogP contribution in [0.25, 0.3) is 0 Å². The van der Waals surface area contributed by atoms with E-state index in [1.807, 2.05) is 31.2 Å². The largest absolute Gasteiger partial charge is 0.376 e. The number of nitro groups is 1. The minimum atomic E-state index is -0.521. The van der Waals surface area contributed by atoms with Crippen molar-refractivity contribution in [1.82, 2.24) is 4.98 Å². The van der Waals surface area contributed by atoms with Crippen molar-refractivity contribution in [2.24, 2.45) is 0 Å². The molecular formula is C14H12N4O2. The standard InChI is InChI=1S/C14H12N4O2/c1-10(13-4-2-3-7-16-13)17-14-6-5-12(18(19)20)8-11(14)9-15/h2-8,10,17H,1H3/t10-/m0/s1. The molecule has 1 aromatic carbocycles. The molecule has 0 saturated heterocycles. The second-order valence-electron chi connectivity index (χ2n) is 4.22. The summed E-state index contributed by atoms with van der Waals surface area (Å²) in [6.07, 6.45) is 1.69. The molecule has 0 aliphatic heterocycles. The number of aromatic nitrogens is 1. The zero-order valence-electron chi connectivity index (χ0n) is 10.8. The Bertz CT molecular complexity index is 665. The molecule has 20 heavy (non-hydrogen) atoms. The molecule has 0 bridgehead atoms. The lowest BCUT2D eigenvalue weighted by atomic mass is 10.1. The van der Waals surface area contributed by atoms with E-state index >= 15 is 0 Å². The molecule has 2 rings (SSSR count). The molecule has 2 aromatic rings. The number of nitriles is 1. The van der Waals surface area contributed by atoms with Crippen LogP contribution in [0.15, 0.2) is 42.6 Å². The summed E-state index contributed by atoms with van der Waals surface area (Å²) in [6.45, 7) is 1.91. The van der Waals surface area contributed by atoms with Gasteiger partial charge in [0, 0.05) is 18.3 Å². The fraction of sp³-hybridized carbons (Fsp3) is 0.143. The van der Waals surface area contributed by atoms with Crippen LogP contribution in [0, 0.1) is 21.4 Å². The second kappa shape index (κ2) is 5.80. The van der Waals surface area contributed by atoms with Crippen molar-refractivity contribution in [3.05, 3.63) is 64.0 Å². The van der Waals surface area contributed by atoms with Gasteiger partial charge in [0.25, 0.3) is 5.69 Å². The molecule has 0 spiro atoms. The minimum Gasteiger partial charge on any atom is -0.376 e. The first kappa shape index (κ1) is 13.5. The predicted molar refractivity (Wildman–Crippen MR) is 74.1 cm³/mol. The van der Waals surface area contributed by atoms with Crippen molar-refractivity contribution < 1.29 is 4.92 Å².